The standard InChI is InChI=1S/C27H50NO6P/c1-2-3-4-5-6-7-8-9-10-11-12-13-14-15-16-17-18-19-20-21-23-32-25-27(29)26-34-35(30,31)33-24-22-28/h3-4,6-7,9-10,12-13,27,29H,2,5,8,11,14-26,28H2,1H3,(H,30,31)/b4-3-,7-6-,10-9-,13-12-. The average molecular weight is 516 g/mol. The van der Waals surface area contributed by atoms with Crippen molar-refractivity contribution in [3.8, 4) is 0 Å². The van der Waals surface area contributed by atoms with Gasteiger partial charge in [-0.3, -0.25) is 9.05 Å². The summed E-state index contributed by atoms with van der Waals surface area (Å²) in [7, 11) is -4.15. The molecule has 0 aliphatic rings. The quantitative estimate of drug-likeness (QED) is 0.0734. The highest BCUT2D eigenvalue weighted by molar-refractivity contribution is 7.47. The number of hydrogen-bond acceptors (Lipinski definition) is 6. The topological polar surface area (TPSA) is 111 Å². The predicted octanol–water partition coefficient (Wildman–Crippen LogP) is 6.38. The van der Waals surface area contributed by atoms with Gasteiger partial charge in [-0.2, -0.15) is 0 Å². The van der Waals surface area contributed by atoms with E-state index in [2.05, 4.69) is 64.6 Å². The second-order valence-electron chi connectivity index (χ2n) is 8.38. The van der Waals surface area contributed by atoms with Crippen molar-refractivity contribution >= 4 is 7.82 Å². The first kappa shape index (κ1) is 34.0. The number of aliphatic hydroxyl groups excluding tert-OH is 1. The van der Waals surface area contributed by atoms with Crippen molar-refractivity contribution in [2.75, 3.05) is 33.0 Å². The van der Waals surface area contributed by atoms with Gasteiger partial charge < -0.3 is 20.5 Å². The van der Waals surface area contributed by atoms with E-state index in [-0.39, 0.29) is 26.4 Å². The van der Waals surface area contributed by atoms with Crippen LogP contribution in [0.1, 0.15) is 84.0 Å². The Balaban J connectivity index is 3.40. The molecule has 0 aromatic heterocycles. The third kappa shape index (κ3) is 27.4. The van der Waals surface area contributed by atoms with Crippen LogP contribution < -0.4 is 5.73 Å². The van der Waals surface area contributed by atoms with Crippen LogP contribution in [0, 0.1) is 0 Å². The Morgan fingerprint density at radius 2 is 1.29 bits per heavy atom. The van der Waals surface area contributed by atoms with Crippen molar-refractivity contribution in [2.45, 2.75) is 90.1 Å². The van der Waals surface area contributed by atoms with E-state index in [0.717, 1.165) is 44.9 Å². The number of phosphoric acid groups is 1. The molecule has 0 bridgehead atoms. The van der Waals surface area contributed by atoms with Gasteiger partial charge >= 0.3 is 7.82 Å². The summed E-state index contributed by atoms with van der Waals surface area (Å²) < 4.78 is 26.1. The molecule has 0 radical (unpaired) electrons. The maximum absolute atomic E-state index is 11.4. The van der Waals surface area contributed by atoms with Crippen LogP contribution >= 0.6 is 7.82 Å². The Hall–Kier alpha value is -1.05. The molecule has 8 heteroatoms. The van der Waals surface area contributed by atoms with Gasteiger partial charge in [-0.05, 0) is 44.9 Å². The van der Waals surface area contributed by atoms with Crippen molar-refractivity contribution in [3.63, 3.8) is 0 Å². The van der Waals surface area contributed by atoms with Crippen molar-refractivity contribution in [3.05, 3.63) is 48.6 Å². The van der Waals surface area contributed by atoms with Gasteiger partial charge in [0, 0.05) is 13.2 Å². The third-order valence-electron chi connectivity index (χ3n) is 4.99. The number of aliphatic hydroxyl groups is 1. The van der Waals surface area contributed by atoms with Crippen molar-refractivity contribution in [1.82, 2.24) is 0 Å². The molecule has 0 rings (SSSR count). The summed E-state index contributed by atoms with van der Waals surface area (Å²) in [5, 5.41) is 9.73. The van der Waals surface area contributed by atoms with Crippen molar-refractivity contribution in [2.24, 2.45) is 5.73 Å². The Kier molecular flexibility index (Phi) is 25.2. The highest BCUT2D eigenvalue weighted by Gasteiger charge is 2.22. The number of rotatable bonds is 25. The SMILES string of the molecule is CC/C=C\C/C=C\C/C=C\C/C=C\CCCCCCCCCOCC(O)COP(=O)(O)OCCN. The van der Waals surface area contributed by atoms with Gasteiger partial charge in [-0.25, -0.2) is 4.57 Å². The molecule has 7 nitrogen and oxygen atoms in total. The number of phosphoric ester groups is 1. The lowest BCUT2D eigenvalue weighted by Crippen LogP contribution is -2.22. The molecule has 0 amide bonds. The molecule has 4 N–H and O–H groups in total. The summed E-state index contributed by atoms with van der Waals surface area (Å²) in [6.45, 7) is 2.49. The molecule has 0 aromatic rings. The molecular weight excluding hydrogens is 465 g/mol. The molecule has 35 heavy (non-hydrogen) atoms. The van der Waals surface area contributed by atoms with Crippen LogP contribution in [0.5, 0.6) is 0 Å². The number of nitrogens with two attached hydrogens (primary N) is 1. The Morgan fingerprint density at radius 1 is 0.743 bits per heavy atom. The Morgan fingerprint density at radius 3 is 1.89 bits per heavy atom. The fourth-order valence-corrected chi connectivity index (χ4v) is 3.87. The molecule has 0 heterocycles. The summed E-state index contributed by atoms with van der Waals surface area (Å²) in [6, 6.07) is 0. The molecule has 0 aromatic carbocycles. The van der Waals surface area contributed by atoms with E-state index in [1.165, 1.54) is 32.1 Å². The van der Waals surface area contributed by atoms with Gasteiger partial charge in [0.05, 0.1) is 19.8 Å². The van der Waals surface area contributed by atoms with Crippen LogP contribution in [0.4, 0.5) is 0 Å². The summed E-state index contributed by atoms with van der Waals surface area (Å²) in [5.74, 6) is 0. The third-order valence-corrected chi connectivity index (χ3v) is 5.98. The number of allylic oxidation sites excluding steroid dienone is 8. The monoisotopic (exact) mass is 515 g/mol. The maximum atomic E-state index is 11.4. The van der Waals surface area contributed by atoms with Gasteiger partial charge in [0.25, 0.3) is 0 Å². The lowest BCUT2D eigenvalue weighted by atomic mass is 10.1. The van der Waals surface area contributed by atoms with Crippen LogP contribution in [0.15, 0.2) is 48.6 Å². The van der Waals surface area contributed by atoms with Crippen LogP contribution in [-0.4, -0.2) is 49.1 Å². The van der Waals surface area contributed by atoms with Crippen LogP contribution in [0.25, 0.3) is 0 Å². The summed E-state index contributed by atoms with van der Waals surface area (Å²) >= 11 is 0. The van der Waals surface area contributed by atoms with Crippen LogP contribution in [0.3, 0.4) is 0 Å². The normalized spacial score (nSPS) is 15.2. The van der Waals surface area contributed by atoms with Crippen molar-refractivity contribution in [1.29, 1.82) is 0 Å². The minimum atomic E-state index is -4.15. The highest BCUT2D eigenvalue weighted by Crippen LogP contribution is 2.42. The maximum Gasteiger partial charge on any atom is 0.472 e. The molecule has 0 fully saturated rings. The van der Waals surface area contributed by atoms with E-state index in [1.807, 2.05) is 0 Å². The average Bonchev–Trinajstić information content (AvgIpc) is 2.84. The van der Waals surface area contributed by atoms with E-state index >= 15 is 0 Å². The smallest absolute Gasteiger partial charge is 0.388 e. The molecule has 0 aliphatic heterocycles. The zero-order valence-electron chi connectivity index (χ0n) is 21.8. The molecular formula is C27H50NO6P. The molecule has 0 aliphatic carbocycles. The van der Waals surface area contributed by atoms with Crippen molar-refractivity contribution < 1.29 is 28.3 Å². The molecule has 204 valence electrons. The lowest BCUT2D eigenvalue weighted by Gasteiger charge is -2.15. The molecule has 0 saturated carbocycles. The lowest BCUT2D eigenvalue weighted by molar-refractivity contribution is 0.00230. The number of hydrogen-bond donors (Lipinski definition) is 3. The number of ether oxygens (including phenoxy) is 1. The van der Waals surface area contributed by atoms with Gasteiger partial charge in [0.15, 0.2) is 0 Å². The summed E-state index contributed by atoms with van der Waals surface area (Å²) in [4.78, 5) is 9.34. The molecule has 0 saturated heterocycles. The van der Waals surface area contributed by atoms with E-state index in [1.54, 1.807) is 0 Å². The van der Waals surface area contributed by atoms with E-state index in [0.29, 0.717) is 6.61 Å². The molecule has 2 atom stereocenters. The fourth-order valence-electron chi connectivity index (χ4n) is 3.10. The highest BCUT2D eigenvalue weighted by atomic mass is 31.2. The van der Waals surface area contributed by atoms with Crippen LogP contribution in [0.2, 0.25) is 0 Å². The van der Waals surface area contributed by atoms with Gasteiger partial charge in [-0.1, -0.05) is 87.6 Å². The first-order valence-corrected chi connectivity index (χ1v) is 14.7. The first-order valence-electron chi connectivity index (χ1n) is 13.2. The Labute approximate surface area is 213 Å². The van der Waals surface area contributed by atoms with Gasteiger partial charge in [0.2, 0.25) is 0 Å². The largest absolute Gasteiger partial charge is 0.472 e. The van der Waals surface area contributed by atoms with Gasteiger partial charge in [0.1, 0.15) is 6.10 Å². The minimum Gasteiger partial charge on any atom is -0.388 e. The zero-order chi connectivity index (χ0) is 25.9. The molecule has 0 spiro atoms. The summed E-state index contributed by atoms with van der Waals surface area (Å²) in [5.41, 5.74) is 5.19. The molecule has 2 unspecified atom stereocenters. The van der Waals surface area contributed by atoms with Crippen LogP contribution in [-0.2, 0) is 18.3 Å². The summed E-state index contributed by atoms with van der Waals surface area (Å²) in [6.07, 6.45) is 30.4. The minimum absolute atomic E-state index is 0.0637. The second kappa shape index (κ2) is 26.0. The Bertz CT molecular complexity index is 621. The van der Waals surface area contributed by atoms with E-state index in [4.69, 9.17) is 10.5 Å². The fraction of sp³-hybridized carbons (Fsp3) is 0.704. The van der Waals surface area contributed by atoms with E-state index < -0.39 is 13.9 Å². The first-order chi connectivity index (χ1) is 17.0. The zero-order valence-corrected chi connectivity index (χ0v) is 22.7. The predicted molar refractivity (Wildman–Crippen MR) is 145 cm³/mol. The second-order valence-corrected chi connectivity index (χ2v) is 9.83. The van der Waals surface area contributed by atoms with E-state index in [9.17, 15) is 14.6 Å². The van der Waals surface area contributed by atoms with Gasteiger partial charge in [-0.15, -0.1) is 0 Å². The number of unbranched alkanes of at least 4 members (excludes halogenated alkanes) is 7.